The minimum Gasteiger partial charge on any atom is -0.507 e. The number of allylic oxidation sites excluding steroid dienone is 6. The fourth-order valence-corrected chi connectivity index (χ4v) is 5.33. The van der Waals surface area contributed by atoms with E-state index in [0.717, 1.165) is 50.4 Å². The van der Waals surface area contributed by atoms with Crippen LogP contribution in [0.1, 0.15) is 73.9 Å². The summed E-state index contributed by atoms with van der Waals surface area (Å²) < 4.78 is 0. The normalized spacial score (nSPS) is 13.7. The summed E-state index contributed by atoms with van der Waals surface area (Å²) in [6.45, 7) is 14.0. The predicted molar refractivity (Wildman–Crippen MR) is 165 cm³/mol. The van der Waals surface area contributed by atoms with Crippen LogP contribution in [-0.4, -0.2) is 26.1 Å². The van der Waals surface area contributed by atoms with Crippen LogP contribution in [-0.2, 0) is 6.42 Å². The molecule has 0 spiro atoms. The van der Waals surface area contributed by atoms with Gasteiger partial charge in [0.1, 0.15) is 5.75 Å². The number of nitrogens with zero attached hydrogens (tertiary/aromatic N) is 1. The van der Waals surface area contributed by atoms with Crippen LogP contribution in [0, 0.1) is 6.92 Å². The van der Waals surface area contributed by atoms with Gasteiger partial charge in [-0.3, -0.25) is 4.99 Å². The molecule has 0 fully saturated rings. The Morgan fingerprint density at radius 3 is 2.17 bits per heavy atom. The number of benzene rings is 3. The third-order valence-corrected chi connectivity index (χ3v) is 7.48. The molecule has 0 amide bonds. The van der Waals surface area contributed by atoms with Gasteiger partial charge in [0.2, 0.25) is 5.75 Å². The lowest BCUT2D eigenvalue weighted by Gasteiger charge is -2.23. The van der Waals surface area contributed by atoms with Crippen LogP contribution in [0.15, 0.2) is 83.4 Å². The maximum absolute atomic E-state index is 10.8. The summed E-state index contributed by atoms with van der Waals surface area (Å²) in [4.78, 5) is 4.99. The summed E-state index contributed by atoms with van der Waals surface area (Å²) in [5, 5.41) is 41.9. The monoisotopic (exact) mass is 535 g/mol. The van der Waals surface area contributed by atoms with E-state index in [-0.39, 0.29) is 16.9 Å². The zero-order valence-corrected chi connectivity index (χ0v) is 23.8. The van der Waals surface area contributed by atoms with Crippen molar-refractivity contribution in [2.24, 2.45) is 4.99 Å². The topological polar surface area (TPSA) is 93.3 Å². The van der Waals surface area contributed by atoms with Crippen LogP contribution in [0.2, 0.25) is 0 Å². The van der Waals surface area contributed by atoms with Gasteiger partial charge >= 0.3 is 0 Å². The molecule has 5 nitrogen and oxygen atoms in total. The molecule has 3 aromatic rings. The lowest BCUT2D eigenvalue weighted by molar-refractivity contribution is 0.355. The number of aromatic hydroxyl groups is 4. The van der Waals surface area contributed by atoms with Crippen molar-refractivity contribution < 1.29 is 20.4 Å². The first kappa shape index (κ1) is 28.5. The van der Waals surface area contributed by atoms with E-state index in [2.05, 4.69) is 57.7 Å². The zero-order valence-electron chi connectivity index (χ0n) is 23.8. The van der Waals surface area contributed by atoms with Gasteiger partial charge in [-0.2, -0.15) is 0 Å². The van der Waals surface area contributed by atoms with E-state index in [4.69, 9.17) is 4.99 Å². The van der Waals surface area contributed by atoms with Gasteiger partial charge in [-0.25, -0.2) is 0 Å². The summed E-state index contributed by atoms with van der Waals surface area (Å²) >= 11 is 0. The van der Waals surface area contributed by atoms with Crippen molar-refractivity contribution in [3.8, 4) is 23.0 Å². The van der Waals surface area contributed by atoms with E-state index in [1.807, 2.05) is 31.2 Å². The highest BCUT2D eigenvalue weighted by Crippen LogP contribution is 2.51. The SMILES string of the molecule is C=CC1=C(c2ccc(C(/N=C(\C)c3ccccc3)=C(C)C)cc2C)CCC(c2c(O)c(O)c(O)c(CC)c2O)=C1. The van der Waals surface area contributed by atoms with Crippen molar-refractivity contribution in [1.82, 2.24) is 0 Å². The van der Waals surface area contributed by atoms with Crippen LogP contribution >= 0.6 is 0 Å². The Morgan fingerprint density at radius 1 is 0.875 bits per heavy atom. The first-order valence-electron chi connectivity index (χ1n) is 13.5. The minimum absolute atomic E-state index is 0.150. The molecule has 0 radical (unpaired) electrons. The molecule has 0 saturated heterocycles. The van der Waals surface area contributed by atoms with Crippen molar-refractivity contribution in [3.63, 3.8) is 0 Å². The Bertz CT molecular complexity index is 1600. The highest BCUT2D eigenvalue weighted by Gasteiger charge is 2.27. The van der Waals surface area contributed by atoms with Crippen LogP contribution in [0.25, 0.3) is 16.8 Å². The maximum atomic E-state index is 10.8. The molecule has 0 atom stereocenters. The molecule has 4 rings (SSSR count). The van der Waals surface area contributed by atoms with Gasteiger partial charge in [0.15, 0.2) is 11.5 Å². The second-order valence-corrected chi connectivity index (χ2v) is 10.4. The summed E-state index contributed by atoms with van der Waals surface area (Å²) in [5.74, 6) is -1.85. The smallest absolute Gasteiger partial charge is 0.201 e. The van der Waals surface area contributed by atoms with E-state index in [1.165, 1.54) is 0 Å². The van der Waals surface area contributed by atoms with Gasteiger partial charge in [-0.15, -0.1) is 0 Å². The second-order valence-electron chi connectivity index (χ2n) is 10.4. The number of hydrogen-bond donors (Lipinski definition) is 4. The molecule has 0 aliphatic heterocycles. The van der Waals surface area contributed by atoms with Crippen LogP contribution in [0.4, 0.5) is 0 Å². The molecule has 0 saturated carbocycles. The largest absolute Gasteiger partial charge is 0.507 e. The third kappa shape index (κ3) is 5.32. The molecule has 1 aliphatic carbocycles. The van der Waals surface area contributed by atoms with E-state index < -0.39 is 17.2 Å². The van der Waals surface area contributed by atoms with E-state index in [0.29, 0.717) is 24.8 Å². The summed E-state index contributed by atoms with van der Waals surface area (Å²) in [6.07, 6.45) is 5.14. The molecule has 206 valence electrons. The number of phenols is 4. The molecule has 4 N–H and O–H groups in total. The maximum Gasteiger partial charge on any atom is 0.201 e. The molecular weight excluding hydrogens is 498 g/mol. The van der Waals surface area contributed by atoms with Crippen molar-refractivity contribution in [3.05, 3.63) is 112 Å². The summed E-state index contributed by atoms with van der Waals surface area (Å²) in [6, 6.07) is 16.5. The molecule has 0 bridgehead atoms. The van der Waals surface area contributed by atoms with Gasteiger partial charge in [0, 0.05) is 16.8 Å². The standard InChI is InChI=1S/C35H37NO4/c1-7-23-19-25(30-32(37)27(8-2)33(38)35(40)34(30)39)14-17-29(23)28-16-15-26(18-21(28)5)31(20(3)4)36-22(6)24-12-10-9-11-13-24/h7,9-13,15-16,18-19,37-40H,1,8,14,17H2,2-6H3/b36-22+. The van der Waals surface area contributed by atoms with Gasteiger partial charge in [0.05, 0.1) is 11.3 Å². The molecule has 3 aromatic carbocycles. The average molecular weight is 536 g/mol. The fourth-order valence-electron chi connectivity index (χ4n) is 5.33. The average Bonchev–Trinajstić information content (AvgIpc) is 2.95. The van der Waals surface area contributed by atoms with Crippen molar-refractivity contribution in [2.75, 3.05) is 0 Å². The first-order valence-corrected chi connectivity index (χ1v) is 13.5. The number of phenolic OH excluding ortho intramolecular Hbond substituents is 4. The Kier molecular flexibility index (Phi) is 8.34. The van der Waals surface area contributed by atoms with Crippen molar-refractivity contribution in [1.29, 1.82) is 0 Å². The highest BCUT2D eigenvalue weighted by molar-refractivity contribution is 6.02. The van der Waals surface area contributed by atoms with E-state index in [1.54, 1.807) is 13.0 Å². The number of aryl methyl sites for hydroxylation is 1. The third-order valence-electron chi connectivity index (χ3n) is 7.48. The lowest BCUT2D eigenvalue weighted by atomic mass is 9.82. The Labute approximate surface area is 236 Å². The highest BCUT2D eigenvalue weighted by atomic mass is 16.3. The molecule has 0 unspecified atom stereocenters. The lowest BCUT2D eigenvalue weighted by Crippen LogP contribution is -2.02. The van der Waals surface area contributed by atoms with Gasteiger partial charge in [-0.05, 0) is 86.4 Å². The Morgan fingerprint density at radius 2 is 1.57 bits per heavy atom. The summed E-state index contributed by atoms with van der Waals surface area (Å²) in [7, 11) is 0. The molecule has 5 heteroatoms. The van der Waals surface area contributed by atoms with E-state index >= 15 is 0 Å². The first-order chi connectivity index (χ1) is 19.1. The van der Waals surface area contributed by atoms with Gasteiger partial charge in [-0.1, -0.05) is 73.7 Å². The predicted octanol–water partition coefficient (Wildman–Crippen LogP) is 8.46. The number of aliphatic imine (C=N–C) groups is 1. The van der Waals surface area contributed by atoms with Crippen LogP contribution in [0.3, 0.4) is 0 Å². The fraction of sp³-hybridized carbons (Fsp3) is 0.229. The quantitative estimate of drug-likeness (QED) is 0.139. The number of rotatable bonds is 7. The zero-order chi connectivity index (χ0) is 29.1. The Hall–Kier alpha value is -4.51. The molecular formula is C35H37NO4. The van der Waals surface area contributed by atoms with E-state index in [9.17, 15) is 20.4 Å². The molecule has 1 aliphatic rings. The number of hydrogen-bond acceptors (Lipinski definition) is 5. The second kappa shape index (κ2) is 11.7. The van der Waals surface area contributed by atoms with Crippen molar-refractivity contribution in [2.45, 2.75) is 53.9 Å². The van der Waals surface area contributed by atoms with Gasteiger partial charge < -0.3 is 20.4 Å². The van der Waals surface area contributed by atoms with Gasteiger partial charge in [0.25, 0.3) is 0 Å². The van der Waals surface area contributed by atoms with Crippen LogP contribution < -0.4 is 0 Å². The Balaban J connectivity index is 1.76. The summed E-state index contributed by atoms with van der Waals surface area (Å²) in [5.41, 5.74) is 10.4. The van der Waals surface area contributed by atoms with Crippen LogP contribution in [0.5, 0.6) is 23.0 Å². The molecule has 0 aromatic heterocycles. The molecule has 0 heterocycles. The minimum atomic E-state index is -0.618. The molecule has 40 heavy (non-hydrogen) atoms. The van der Waals surface area contributed by atoms with Crippen molar-refractivity contribution >= 4 is 22.6 Å².